The number of anilines is 1. The molecular formula is C38H36N6O5. The van der Waals surface area contributed by atoms with E-state index in [1.165, 1.54) is 27.6 Å². The zero-order chi connectivity index (χ0) is 34.1. The fourth-order valence-corrected chi connectivity index (χ4v) is 6.15. The Kier molecular flexibility index (Phi) is 8.66. The maximum atomic E-state index is 13.3. The third-order valence-corrected chi connectivity index (χ3v) is 9.08. The maximum Gasteiger partial charge on any atom is 0.291 e. The molecule has 1 aliphatic rings. The second-order valence-corrected chi connectivity index (χ2v) is 12.2. The lowest BCUT2D eigenvalue weighted by Crippen LogP contribution is -2.32. The molecule has 49 heavy (non-hydrogen) atoms. The summed E-state index contributed by atoms with van der Waals surface area (Å²) in [6.45, 7) is 6.73. The Balaban J connectivity index is 1.05. The number of fused-ring (bicyclic) bond motifs is 2. The van der Waals surface area contributed by atoms with E-state index in [1.807, 2.05) is 38.1 Å². The number of aromatic nitrogens is 4. The molecule has 4 aromatic carbocycles. The Morgan fingerprint density at radius 1 is 0.918 bits per heavy atom. The van der Waals surface area contributed by atoms with E-state index in [9.17, 15) is 9.59 Å². The molecule has 2 aromatic heterocycles. The quantitative estimate of drug-likeness (QED) is 0.202. The van der Waals surface area contributed by atoms with E-state index in [1.54, 1.807) is 38.5 Å². The summed E-state index contributed by atoms with van der Waals surface area (Å²) in [5.74, 6) is 1.25. The van der Waals surface area contributed by atoms with Crippen molar-refractivity contribution in [2.75, 3.05) is 32.6 Å². The van der Waals surface area contributed by atoms with E-state index >= 15 is 0 Å². The number of amides is 1. The van der Waals surface area contributed by atoms with Crippen molar-refractivity contribution in [2.24, 2.45) is 0 Å². The Hall–Kier alpha value is -5.81. The fraction of sp³-hybridized carbons (Fsp3) is 0.237. The summed E-state index contributed by atoms with van der Waals surface area (Å²) in [5, 5.41) is 16.6. The van der Waals surface area contributed by atoms with Gasteiger partial charge in [0.2, 0.25) is 5.82 Å². The molecule has 0 unspecified atom stereocenters. The molecule has 7 rings (SSSR count). The molecule has 0 fully saturated rings. The normalized spacial score (nSPS) is 12.9. The van der Waals surface area contributed by atoms with Crippen LogP contribution in [0.25, 0.3) is 28.0 Å². The second-order valence-electron chi connectivity index (χ2n) is 12.2. The molecule has 0 aliphatic carbocycles. The Morgan fingerprint density at radius 3 is 2.43 bits per heavy atom. The first kappa shape index (κ1) is 31.8. The lowest BCUT2D eigenvalue weighted by atomic mass is 9.98. The number of methoxy groups -OCH3 is 2. The first-order valence-corrected chi connectivity index (χ1v) is 16.1. The minimum Gasteiger partial charge on any atom is -0.493 e. The molecule has 0 atom stereocenters. The van der Waals surface area contributed by atoms with E-state index in [0.717, 1.165) is 60.8 Å². The van der Waals surface area contributed by atoms with Crippen LogP contribution in [0.5, 0.6) is 11.5 Å². The van der Waals surface area contributed by atoms with E-state index in [2.05, 4.69) is 49.9 Å². The molecule has 6 aromatic rings. The number of benzene rings is 4. The minimum absolute atomic E-state index is 0.0874. The lowest BCUT2D eigenvalue weighted by Gasteiger charge is -2.29. The standard InChI is InChI=1S/C38H36N6O5/c1-23-17-30(31(18-24(23)2)39-38(46)36-21-32(45)29-7-5-6-8-33(29)49-36)37-40-42-44(41-37)28-11-9-25(10-12-28)13-15-43-16-14-26-19-34(47-3)35(48-4)20-27(26)22-43/h5-12,17-21H,13-16,22H2,1-4H3,(H,39,46). The number of aryl methyl sites for hydroxylation is 2. The summed E-state index contributed by atoms with van der Waals surface area (Å²) >= 11 is 0. The summed E-state index contributed by atoms with van der Waals surface area (Å²) < 4.78 is 16.7. The number of tetrazole rings is 1. The number of ether oxygens (including phenoxy) is 2. The molecule has 11 nitrogen and oxygen atoms in total. The highest BCUT2D eigenvalue weighted by Gasteiger charge is 2.21. The number of hydrogen-bond donors (Lipinski definition) is 1. The summed E-state index contributed by atoms with van der Waals surface area (Å²) in [7, 11) is 3.34. The fourth-order valence-electron chi connectivity index (χ4n) is 6.15. The highest BCUT2D eigenvalue weighted by molar-refractivity contribution is 6.05. The third kappa shape index (κ3) is 6.53. The van der Waals surface area contributed by atoms with Crippen LogP contribution >= 0.6 is 0 Å². The van der Waals surface area contributed by atoms with Gasteiger partial charge < -0.3 is 19.2 Å². The van der Waals surface area contributed by atoms with Gasteiger partial charge in [-0.2, -0.15) is 0 Å². The van der Waals surface area contributed by atoms with Gasteiger partial charge in [0.05, 0.1) is 31.0 Å². The first-order chi connectivity index (χ1) is 23.8. The smallest absolute Gasteiger partial charge is 0.291 e. The second kappa shape index (κ2) is 13.4. The Morgan fingerprint density at radius 2 is 1.65 bits per heavy atom. The van der Waals surface area contributed by atoms with Crippen LogP contribution < -0.4 is 20.2 Å². The molecule has 1 amide bonds. The molecule has 0 spiro atoms. The first-order valence-electron chi connectivity index (χ1n) is 16.1. The van der Waals surface area contributed by atoms with Gasteiger partial charge in [0.25, 0.3) is 5.91 Å². The predicted molar refractivity (Wildman–Crippen MR) is 187 cm³/mol. The predicted octanol–water partition coefficient (Wildman–Crippen LogP) is 5.92. The van der Waals surface area contributed by atoms with E-state index < -0.39 is 5.91 Å². The number of hydrogen-bond acceptors (Lipinski definition) is 9. The van der Waals surface area contributed by atoms with E-state index in [-0.39, 0.29) is 11.2 Å². The number of nitrogens with zero attached hydrogens (tertiary/aromatic N) is 5. The van der Waals surface area contributed by atoms with Crippen LogP contribution in [0.15, 0.2) is 88.1 Å². The van der Waals surface area contributed by atoms with E-state index in [0.29, 0.717) is 28.0 Å². The van der Waals surface area contributed by atoms with Crippen molar-refractivity contribution in [3.63, 3.8) is 0 Å². The van der Waals surface area contributed by atoms with E-state index in [4.69, 9.17) is 13.9 Å². The average Bonchev–Trinajstić information content (AvgIpc) is 3.62. The van der Waals surface area contributed by atoms with Gasteiger partial charge in [-0.1, -0.05) is 24.3 Å². The molecule has 0 saturated carbocycles. The van der Waals surface area contributed by atoms with Gasteiger partial charge in [0.15, 0.2) is 22.7 Å². The summed E-state index contributed by atoms with van der Waals surface area (Å²) in [4.78, 5) is 29.8. The Labute approximate surface area is 283 Å². The molecule has 1 N–H and O–H groups in total. The van der Waals surface area contributed by atoms with Gasteiger partial charge in [-0.15, -0.1) is 15.0 Å². The molecule has 0 saturated heterocycles. The zero-order valence-electron chi connectivity index (χ0n) is 27.8. The zero-order valence-corrected chi connectivity index (χ0v) is 27.8. The van der Waals surface area contributed by atoms with Crippen molar-refractivity contribution >= 4 is 22.6 Å². The van der Waals surface area contributed by atoms with Crippen LogP contribution in [0.2, 0.25) is 0 Å². The van der Waals surface area contributed by atoms with Gasteiger partial charge >= 0.3 is 0 Å². The van der Waals surface area contributed by atoms with Crippen LogP contribution in [0.3, 0.4) is 0 Å². The maximum absolute atomic E-state index is 13.3. The van der Waals surface area contributed by atoms with Crippen molar-refractivity contribution in [1.29, 1.82) is 0 Å². The molecule has 0 radical (unpaired) electrons. The topological polar surface area (TPSA) is 125 Å². The number of rotatable bonds is 9. The van der Waals surface area contributed by atoms with Crippen LogP contribution in [0.1, 0.15) is 38.4 Å². The van der Waals surface area contributed by atoms with Gasteiger partial charge in [-0.25, -0.2) is 0 Å². The molecular weight excluding hydrogens is 620 g/mol. The number of carbonyl (C=O) groups is 1. The van der Waals surface area contributed by atoms with Crippen molar-refractivity contribution in [3.8, 4) is 28.6 Å². The number of para-hydroxylation sites is 1. The van der Waals surface area contributed by atoms with Crippen LogP contribution in [-0.4, -0.2) is 58.3 Å². The molecule has 3 heterocycles. The third-order valence-electron chi connectivity index (χ3n) is 9.08. The van der Waals surface area contributed by atoms with Crippen molar-refractivity contribution < 1.29 is 18.7 Å². The Bertz CT molecular complexity index is 2240. The van der Waals surface area contributed by atoms with Crippen LogP contribution in [-0.2, 0) is 19.4 Å². The number of nitrogens with one attached hydrogen (secondary N) is 1. The monoisotopic (exact) mass is 656 g/mol. The lowest BCUT2D eigenvalue weighted by molar-refractivity contribution is 0.0997. The van der Waals surface area contributed by atoms with Gasteiger partial charge in [0.1, 0.15) is 5.58 Å². The van der Waals surface area contributed by atoms with Crippen molar-refractivity contribution in [3.05, 3.63) is 123 Å². The molecule has 248 valence electrons. The molecule has 11 heteroatoms. The van der Waals surface area contributed by atoms with Crippen molar-refractivity contribution in [1.82, 2.24) is 25.1 Å². The van der Waals surface area contributed by atoms with Gasteiger partial charge in [-0.3, -0.25) is 14.5 Å². The van der Waals surface area contributed by atoms with Crippen molar-refractivity contribution in [2.45, 2.75) is 33.2 Å². The minimum atomic E-state index is -0.552. The average molecular weight is 657 g/mol. The summed E-state index contributed by atoms with van der Waals surface area (Å²) in [6, 6.07) is 24.1. The SMILES string of the molecule is COc1cc2c(cc1OC)CN(CCc1ccc(-n3nnc(-c4cc(C)c(C)cc4NC(=O)c4cc(=O)c5ccccc5o4)n3)cc1)CC2. The van der Waals surface area contributed by atoms with Crippen LogP contribution in [0.4, 0.5) is 5.69 Å². The molecule has 0 bridgehead atoms. The highest BCUT2D eigenvalue weighted by Crippen LogP contribution is 2.33. The summed E-state index contributed by atoms with van der Waals surface area (Å²) in [5.41, 5.74) is 7.67. The number of carbonyl (C=O) groups excluding carboxylic acids is 1. The van der Waals surface area contributed by atoms with Crippen LogP contribution in [0, 0.1) is 13.8 Å². The summed E-state index contributed by atoms with van der Waals surface area (Å²) in [6.07, 6.45) is 1.88. The largest absolute Gasteiger partial charge is 0.493 e. The molecule has 1 aliphatic heterocycles. The van der Waals surface area contributed by atoms with Gasteiger partial charge in [0, 0.05) is 31.3 Å². The van der Waals surface area contributed by atoms with Gasteiger partial charge in [-0.05, 0) is 108 Å². The highest BCUT2D eigenvalue weighted by atomic mass is 16.5.